The van der Waals surface area contributed by atoms with Gasteiger partial charge in [0.1, 0.15) is 9.84 Å². The molecule has 0 spiro atoms. The van der Waals surface area contributed by atoms with Crippen LogP contribution < -0.4 is 5.32 Å². The summed E-state index contributed by atoms with van der Waals surface area (Å²) in [4.78, 5) is 0. The number of rotatable bonds is 8. The highest BCUT2D eigenvalue weighted by atomic mass is 32.2. The summed E-state index contributed by atoms with van der Waals surface area (Å²) in [6.45, 7) is 0.906. The lowest BCUT2D eigenvalue weighted by atomic mass is 10.0. The second kappa shape index (κ2) is 7.34. The highest BCUT2D eigenvalue weighted by Crippen LogP contribution is 2.18. The van der Waals surface area contributed by atoms with Crippen molar-refractivity contribution in [2.24, 2.45) is 0 Å². The smallest absolute Gasteiger partial charge is 0.147 e. The van der Waals surface area contributed by atoms with E-state index in [1.807, 2.05) is 7.05 Å². The van der Waals surface area contributed by atoms with Gasteiger partial charge in [0.05, 0.1) is 6.10 Å². The van der Waals surface area contributed by atoms with Gasteiger partial charge in [-0.05, 0) is 45.6 Å². The van der Waals surface area contributed by atoms with Gasteiger partial charge in [0.2, 0.25) is 0 Å². The molecular formula is C12H25NO3S. The minimum atomic E-state index is -2.81. The van der Waals surface area contributed by atoms with Crippen LogP contribution in [0.15, 0.2) is 0 Å². The lowest BCUT2D eigenvalue weighted by Crippen LogP contribution is -2.27. The Morgan fingerprint density at radius 1 is 1.41 bits per heavy atom. The van der Waals surface area contributed by atoms with Crippen LogP contribution in [0.25, 0.3) is 0 Å². The Hall–Kier alpha value is -0.130. The summed E-state index contributed by atoms with van der Waals surface area (Å²) in [6, 6.07) is 0.418. The van der Waals surface area contributed by atoms with Crippen LogP contribution >= 0.6 is 0 Å². The molecule has 1 aliphatic rings. The van der Waals surface area contributed by atoms with Crippen LogP contribution in [-0.2, 0) is 14.6 Å². The summed E-state index contributed by atoms with van der Waals surface area (Å²) in [5, 5.41) is 3.26. The van der Waals surface area contributed by atoms with Gasteiger partial charge < -0.3 is 10.1 Å². The molecule has 1 fully saturated rings. The fourth-order valence-corrected chi connectivity index (χ4v) is 2.98. The molecule has 0 aromatic rings. The molecule has 1 saturated heterocycles. The van der Waals surface area contributed by atoms with Gasteiger partial charge in [0.15, 0.2) is 0 Å². The van der Waals surface area contributed by atoms with E-state index in [4.69, 9.17) is 4.74 Å². The van der Waals surface area contributed by atoms with E-state index in [1.54, 1.807) is 0 Å². The Kier molecular flexibility index (Phi) is 6.44. The summed E-state index contributed by atoms with van der Waals surface area (Å²) in [5.74, 6) is 0.297. The molecule has 5 heteroatoms. The first-order valence-electron chi connectivity index (χ1n) is 6.48. The lowest BCUT2D eigenvalue weighted by molar-refractivity contribution is 0.0995. The minimum Gasteiger partial charge on any atom is -0.378 e. The molecule has 0 saturated carbocycles. The van der Waals surface area contributed by atoms with E-state index >= 15 is 0 Å². The van der Waals surface area contributed by atoms with Crippen LogP contribution in [0, 0.1) is 0 Å². The Bertz CT molecular complexity index is 297. The molecule has 0 amide bonds. The standard InChI is InChI=1S/C12H25NO3S/c1-13-11(5-4-10-17(2,14)15)7-8-12-6-3-9-16-12/h11-13H,3-10H2,1-2H3. The van der Waals surface area contributed by atoms with Crippen LogP contribution in [0.3, 0.4) is 0 Å². The molecule has 1 rings (SSSR count). The Morgan fingerprint density at radius 2 is 2.18 bits per heavy atom. The third-order valence-electron chi connectivity index (χ3n) is 3.34. The van der Waals surface area contributed by atoms with Gasteiger partial charge in [-0.15, -0.1) is 0 Å². The van der Waals surface area contributed by atoms with Crippen molar-refractivity contribution in [3.8, 4) is 0 Å². The van der Waals surface area contributed by atoms with Crippen molar-refractivity contribution in [3.05, 3.63) is 0 Å². The molecule has 17 heavy (non-hydrogen) atoms. The van der Waals surface area contributed by atoms with E-state index in [9.17, 15) is 8.42 Å². The average molecular weight is 263 g/mol. The Labute approximate surface area is 105 Å². The molecule has 0 bridgehead atoms. The van der Waals surface area contributed by atoms with Crippen molar-refractivity contribution in [1.82, 2.24) is 5.32 Å². The zero-order valence-corrected chi connectivity index (χ0v) is 11.8. The van der Waals surface area contributed by atoms with Crippen molar-refractivity contribution in [1.29, 1.82) is 0 Å². The molecule has 0 aromatic heterocycles. The molecule has 0 radical (unpaired) electrons. The van der Waals surface area contributed by atoms with E-state index in [1.165, 1.54) is 19.1 Å². The first-order valence-corrected chi connectivity index (χ1v) is 8.54. The average Bonchev–Trinajstić information content (AvgIpc) is 2.74. The van der Waals surface area contributed by atoms with Gasteiger partial charge in [-0.2, -0.15) is 0 Å². The van der Waals surface area contributed by atoms with Crippen LogP contribution in [0.1, 0.15) is 38.5 Å². The molecule has 4 nitrogen and oxygen atoms in total. The Morgan fingerprint density at radius 3 is 2.71 bits per heavy atom. The number of ether oxygens (including phenoxy) is 1. The third kappa shape index (κ3) is 7.01. The fraction of sp³-hybridized carbons (Fsp3) is 1.00. The summed E-state index contributed by atoms with van der Waals surface area (Å²) < 4.78 is 27.6. The van der Waals surface area contributed by atoms with E-state index in [0.717, 1.165) is 32.3 Å². The predicted molar refractivity (Wildman–Crippen MR) is 70.0 cm³/mol. The van der Waals surface area contributed by atoms with E-state index in [0.29, 0.717) is 17.9 Å². The normalized spacial score (nSPS) is 22.8. The van der Waals surface area contributed by atoms with Crippen molar-refractivity contribution >= 4 is 9.84 Å². The molecule has 2 unspecified atom stereocenters. The van der Waals surface area contributed by atoms with Crippen LogP contribution in [0.2, 0.25) is 0 Å². The van der Waals surface area contributed by atoms with Crippen molar-refractivity contribution < 1.29 is 13.2 Å². The quantitative estimate of drug-likeness (QED) is 0.718. The molecule has 0 aromatic carbocycles. The molecule has 1 heterocycles. The molecule has 1 aliphatic heterocycles. The van der Waals surface area contributed by atoms with Gasteiger partial charge >= 0.3 is 0 Å². The van der Waals surface area contributed by atoms with Crippen molar-refractivity contribution in [2.45, 2.75) is 50.7 Å². The summed E-state index contributed by atoms with van der Waals surface area (Å²) in [5.41, 5.74) is 0. The molecule has 1 N–H and O–H groups in total. The number of sulfone groups is 1. The SMILES string of the molecule is CNC(CCCS(C)(=O)=O)CCC1CCCO1. The maximum atomic E-state index is 11.0. The largest absolute Gasteiger partial charge is 0.378 e. The predicted octanol–water partition coefficient (Wildman–Crippen LogP) is 1.36. The molecule has 102 valence electrons. The van der Waals surface area contributed by atoms with Crippen LogP contribution in [-0.4, -0.2) is 46.2 Å². The van der Waals surface area contributed by atoms with Gasteiger partial charge in [-0.1, -0.05) is 0 Å². The summed E-state index contributed by atoms with van der Waals surface area (Å²) in [6.07, 6.45) is 7.93. The third-order valence-corrected chi connectivity index (χ3v) is 4.37. The maximum Gasteiger partial charge on any atom is 0.147 e. The monoisotopic (exact) mass is 263 g/mol. The topological polar surface area (TPSA) is 55.4 Å². The lowest BCUT2D eigenvalue weighted by Gasteiger charge is -2.18. The fourth-order valence-electron chi connectivity index (χ4n) is 2.28. The second-order valence-corrected chi connectivity index (χ2v) is 7.23. The van der Waals surface area contributed by atoms with Gasteiger partial charge in [0.25, 0.3) is 0 Å². The van der Waals surface area contributed by atoms with E-state index in [2.05, 4.69) is 5.32 Å². The van der Waals surface area contributed by atoms with E-state index < -0.39 is 9.84 Å². The van der Waals surface area contributed by atoms with Crippen molar-refractivity contribution in [2.75, 3.05) is 25.7 Å². The number of nitrogens with one attached hydrogen (secondary N) is 1. The Balaban J connectivity index is 2.14. The number of hydrogen-bond donors (Lipinski definition) is 1. The highest BCUT2D eigenvalue weighted by molar-refractivity contribution is 7.90. The van der Waals surface area contributed by atoms with Gasteiger partial charge in [-0.25, -0.2) is 8.42 Å². The zero-order valence-electron chi connectivity index (χ0n) is 10.9. The first kappa shape index (κ1) is 14.9. The highest BCUT2D eigenvalue weighted by Gasteiger charge is 2.17. The minimum absolute atomic E-state index is 0.297. The molecule has 0 aliphatic carbocycles. The van der Waals surface area contributed by atoms with Gasteiger partial charge in [-0.3, -0.25) is 0 Å². The van der Waals surface area contributed by atoms with Crippen molar-refractivity contribution in [3.63, 3.8) is 0 Å². The molecule has 2 atom stereocenters. The zero-order chi connectivity index (χ0) is 12.7. The number of hydrogen-bond acceptors (Lipinski definition) is 4. The van der Waals surface area contributed by atoms with Crippen LogP contribution in [0.4, 0.5) is 0 Å². The van der Waals surface area contributed by atoms with Crippen LogP contribution in [0.5, 0.6) is 0 Å². The summed E-state index contributed by atoms with van der Waals surface area (Å²) in [7, 11) is -0.866. The maximum absolute atomic E-state index is 11.0. The molecular weight excluding hydrogens is 238 g/mol. The first-order chi connectivity index (χ1) is 8.01. The van der Waals surface area contributed by atoms with E-state index in [-0.39, 0.29) is 0 Å². The second-order valence-electron chi connectivity index (χ2n) is 4.97. The van der Waals surface area contributed by atoms with Gasteiger partial charge in [0, 0.05) is 24.7 Å². The summed E-state index contributed by atoms with van der Waals surface area (Å²) >= 11 is 0.